The van der Waals surface area contributed by atoms with Crippen LogP contribution in [0.5, 0.6) is 5.88 Å². The van der Waals surface area contributed by atoms with E-state index in [1.54, 1.807) is 0 Å². The summed E-state index contributed by atoms with van der Waals surface area (Å²) in [5, 5.41) is 11.2. The van der Waals surface area contributed by atoms with E-state index in [2.05, 4.69) is 15.1 Å². The molecule has 0 bridgehead atoms. The van der Waals surface area contributed by atoms with Crippen LogP contribution in [0.25, 0.3) is 0 Å². The van der Waals surface area contributed by atoms with Crippen molar-refractivity contribution in [1.29, 1.82) is 0 Å². The van der Waals surface area contributed by atoms with E-state index in [4.69, 9.17) is 16.6 Å². The van der Waals surface area contributed by atoms with Crippen molar-refractivity contribution in [3.8, 4) is 5.88 Å². The van der Waals surface area contributed by atoms with Gasteiger partial charge in [-0.1, -0.05) is 0 Å². The Hall–Kier alpha value is -1.92. The number of nitrogens with one attached hydrogen (secondary N) is 1. The number of nitroso groups, excluding NO2 is 1. The number of nitrogens with two attached hydrogens (primary N) is 1. The summed E-state index contributed by atoms with van der Waals surface area (Å²) in [6.07, 6.45) is 0. The van der Waals surface area contributed by atoms with Crippen LogP contribution < -0.4 is 11.5 Å². The van der Waals surface area contributed by atoms with Crippen LogP contribution in [0.1, 0.15) is 0 Å². The van der Waals surface area contributed by atoms with Gasteiger partial charge in [0.2, 0.25) is 17.5 Å². The monoisotopic (exact) mass is 154 g/mol. The predicted molar refractivity (Wildman–Crippen MR) is 36.3 cm³/mol. The molecule has 1 aromatic heterocycles. The van der Waals surface area contributed by atoms with Crippen LogP contribution in [0, 0.1) is 4.91 Å². The summed E-state index contributed by atoms with van der Waals surface area (Å²) in [4.78, 5) is 16.4. The molecule has 7 heteroatoms. The van der Waals surface area contributed by atoms with Crippen molar-refractivity contribution in [2.45, 2.75) is 0 Å². The fourth-order valence-corrected chi connectivity index (χ4v) is 0.547. The highest BCUT2D eigenvalue weighted by molar-refractivity contribution is 5.64. The number of hydrogen-bond donors (Lipinski definition) is 2. The van der Waals surface area contributed by atoms with Gasteiger partial charge in [0.1, 0.15) is 0 Å². The highest BCUT2D eigenvalue weighted by Crippen LogP contribution is 2.29. The van der Waals surface area contributed by atoms with Gasteiger partial charge < -0.3 is 10.8 Å². The second-order valence-electron chi connectivity index (χ2n) is 1.70. The summed E-state index contributed by atoms with van der Waals surface area (Å²) >= 11 is 0. The zero-order valence-electron chi connectivity index (χ0n) is 5.27. The van der Waals surface area contributed by atoms with E-state index in [1.165, 1.54) is 0 Å². The molecule has 0 aliphatic heterocycles. The Bertz CT molecular complexity index is 276. The molecular weight excluding hydrogens is 150 g/mol. The van der Waals surface area contributed by atoms with E-state index in [0.717, 1.165) is 0 Å². The molecule has 0 fully saturated rings. The van der Waals surface area contributed by atoms with E-state index < -0.39 is 17.5 Å². The Kier molecular flexibility index (Phi) is 1.55. The summed E-state index contributed by atoms with van der Waals surface area (Å²) in [6, 6.07) is 0. The molecule has 0 aliphatic carbocycles. The van der Waals surface area contributed by atoms with Crippen LogP contribution in [-0.4, -0.2) is 15.1 Å². The Morgan fingerprint density at radius 2 is 2.18 bits per heavy atom. The van der Waals surface area contributed by atoms with Crippen molar-refractivity contribution < 1.29 is 5.11 Å². The molecule has 0 aromatic carbocycles. The maximum atomic E-state index is 9.93. The molecule has 0 atom stereocenters. The van der Waals surface area contributed by atoms with Gasteiger partial charge in [-0.05, 0) is 5.18 Å². The molecule has 0 spiro atoms. The standard InChI is InChI=1S/C4H4N5O2/c5-2-1(9-11)3(10)8-4(6)7-2/h6H,(H3,5,7,8,10). The molecule has 11 heavy (non-hydrogen) atoms. The molecule has 7 nitrogen and oxygen atoms in total. The fraction of sp³-hybridized carbons (Fsp3) is 0. The third-order valence-corrected chi connectivity index (χ3v) is 0.984. The summed E-state index contributed by atoms with van der Waals surface area (Å²) in [5.74, 6) is -1.41. The lowest BCUT2D eigenvalue weighted by Crippen LogP contribution is -1.93. The molecule has 1 radical (unpaired) electrons. The highest BCUT2D eigenvalue weighted by Gasteiger charge is 2.10. The predicted octanol–water partition coefficient (Wildman–Crippen LogP) is 0.0767. The lowest BCUT2D eigenvalue weighted by molar-refractivity contribution is 0.454. The first-order valence-electron chi connectivity index (χ1n) is 2.56. The number of rotatable bonds is 1. The minimum Gasteiger partial charge on any atom is -0.491 e. The molecule has 1 heterocycles. The van der Waals surface area contributed by atoms with E-state index >= 15 is 0 Å². The van der Waals surface area contributed by atoms with Crippen LogP contribution in [0.3, 0.4) is 0 Å². The molecule has 4 N–H and O–H groups in total. The van der Waals surface area contributed by atoms with Gasteiger partial charge in [-0.2, -0.15) is 9.97 Å². The van der Waals surface area contributed by atoms with Crippen molar-refractivity contribution in [2.75, 3.05) is 5.73 Å². The SMILES string of the molecule is [NH]c1nc(N)c(N=O)c(O)n1. The van der Waals surface area contributed by atoms with Crippen LogP contribution in [0.2, 0.25) is 0 Å². The molecule has 0 saturated carbocycles. The molecule has 0 unspecified atom stereocenters. The largest absolute Gasteiger partial charge is 0.491 e. The highest BCUT2D eigenvalue weighted by atomic mass is 16.3. The zero-order chi connectivity index (χ0) is 8.43. The van der Waals surface area contributed by atoms with Gasteiger partial charge in [-0.15, -0.1) is 4.91 Å². The number of anilines is 1. The number of aromatic hydroxyl groups is 1. The zero-order valence-corrected chi connectivity index (χ0v) is 5.27. The van der Waals surface area contributed by atoms with E-state index in [0.29, 0.717) is 0 Å². The lowest BCUT2D eigenvalue weighted by Gasteiger charge is -1.97. The third-order valence-electron chi connectivity index (χ3n) is 0.984. The van der Waals surface area contributed by atoms with E-state index in [9.17, 15) is 4.91 Å². The van der Waals surface area contributed by atoms with Crippen molar-refractivity contribution in [3.63, 3.8) is 0 Å². The molecule has 0 amide bonds. The van der Waals surface area contributed by atoms with Crippen LogP contribution in [0.15, 0.2) is 5.18 Å². The first-order chi connectivity index (χ1) is 5.15. The minimum atomic E-state index is -0.669. The Balaban J connectivity index is 3.36. The average molecular weight is 154 g/mol. The molecule has 0 saturated heterocycles. The molecular formula is C4H4N5O2. The van der Waals surface area contributed by atoms with Gasteiger partial charge in [0, 0.05) is 0 Å². The molecule has 0 aliphatic rings. The normalized spacial score (nSPS) is 9.45. The van der Waals surface area contributed by atoms with Crippen LogP contribution in [0.4, 0.5) is 17.5 Å². The first kappa shape index (κ1) is 7.19. The van der Waals surface area contributed by atoms with E-state index in [1.807, 2.05) is 0 Å². The van der Waals surface area contributed by atoms with Crippen molar-refractivity contribution in [1.82, 2.24) is 15.7 Å². The smallest absolute Gasteiger partial charge is 0.248 e. The maximum absolute atomic E-state index is 9.93. The maximum Gasteiger partial charge on any atom is 0.248 e. The molecule has 1 rings (SSSR count). The first-order valence-corrected chi connectivity index (χ1v) is 2.56. The van der Waals surface area contributed by atoms with Crippen molar-refractivity contribution in [3.05, 3.63) is 4.91 Å². The topological polar surface area (TPSA) is 125 Å². The average Bonchev–Trinajstić information content (AvgIpc) is 1.85. The Labute approximate surface area is 61.0 Å². The second-order valence-corrected chi connectivity index (χ2v) is 1.70. The Morgan fingerprint density at radius 3 is 2.64 bits per heavy atom. The van der Waals surface area contributed by atoms with Gasteiger partial charge in [0.05, 0.1) is 0 Å². The van der Waals surface area contributed by atoms with Crippen molar-refractivity contribution in [2.24, 2.45) is 5.18 Å². The van der Waals surface area contributed by atoms with Crippen LogP contribution in [-0.2, 0) is 0 Å². The number of nitrogens with zero attached hydrogens (tertiary/aromatic N) is 3. The van der Waals surface area contributed by atoms with Crippen LogP contribution >= 0.6 is 0 Å². The van der Waals surface area contributed by atoms with E-state index in [-0.39, 0.29) is 5.82 Å². The van der Waals surface area contributed by atoms with Gasteiger partial charge in [0.25, 0.3) is 0 Å². The number of hydrogen-bond acceptors (Lipinski definition) is 6. The number of aromatic nitrogens is 2. The summed E-state index contributed by atoms with van der Waals surface area (Å²) in [5.41, 5.74) is 11.5. The van der Waals surface area contributed by atoms with Crippen molar-refractivity contribution >= 4 is 17.5 Å². The van der Waals surface area contributed by atoms with Gasteiger partial charge in [0.15, 0.2) is 5.82 Å². The lowest BCUT2D eigenvalue weighted by atomic mass is 10.5. The van der Waals surface area contributed by atoms with Gasteiger partial charge in [-0.3, -0.25) is 5.73 Å². The summed E-state index contributed by atoms with van der Waals surface area (Å²) in [7, 11) is 0. The summed E-state index contributed by atoms with van der Waals surface area (Å²) < 4.78 is 0. The molecule has 57 valence electrons. The third kappa shape index (κ3) is 1.16. The number of nitrogen functional groups attached to an aromatic ring is 1. The summed E-state index contributed by atoms with van der Waals surface area (Å²) in [6.45, 7) is 0. The minimum absolute atomic E-state index is 0.294. The fourth-order valence-electron chi connectivity index (χ4n) is 0.547. The second kappa shape index (κ2) is 2.37. The quantitative estimate of drug-likeness (QED) is 0.553. The van der Waals surface area contributed by atoms with Gasteiger partial charge >= 0.3 is 0 Å². The molecule has 1 aromatic rings. The van der Waals surface area contributed by atoms with Gasteiger partial charge in [-0.25, -0.2) is 0 Å². The Morgan fingerprint density at radius 1 is 1.55 bits per heavy atom.